The van der Waals surface area contributed by atoms with Crippen LogP contribution < -0.4 is 14.5 Å². The number of benzene rings is 2. The number of carbonyl (C=O) groups excluding carboxylic acids is 1. The molecule has 5 nitrogen and oxygen atoms in total. The maximum absolute atomic E-state index is 14.1. The molecule has 2 amide bonds. The summed E-state index contributed by atoms with van der Waals surface area (Å²) >= 11 is 1.93. The number of carbonyl (C=O) groups is 1. The second kappa shape index (κ2) is 9.81. The maximum Gasteiger partial charge on any atom is 0.324 e. The second-order valence-electron chi connectivity index (χ2n) is 8.23. The molecule has 0 N–H and O–H groups in total. The van der Waals surface area contributed by atoms with Gasteiger partial charge in [-0.15, -0.1) is 0 Å². The average molecular weight is 444 g/mol. The highest BCUT2D eigenvalue weighted by Crippen LogP contribution is 2.27. The standard InChI is InChI=1S/C24H30FN3O2S/c1-18-4-3-9-28(18)24(29)26(2)21-7-5-19(6-8-21)17-30-23-15-20(25)14-22(16-23)27-10-12-31-13-11-27/h5-8,14-16,18H,3-4,9-13,17H2,1-2H3. The van der Waals surface area contributed by atoms with E-state index in [1.54, 1.807) is 11.0 Å². The van der Waals surface area contributed by atoms with Crippen LogP contribution in [0.1, 0.15) is 25.3 Å². The number of thioether (sulfide) groups is 1. The number of amides is 2. The van der Waals surface area contributed by atoms with Gasteiger partial charge >= 0.3 is 6.03 Å². The van der Waals surface area contributed by atoms with Crippen molar-refractivity contribution < 1.29 is 13.9 Å². The first-order valence-corrected chi connectivity index (χ1v) is 12.1. The van der Waals surface area contributed by atoms with Crippen LogP contribution in [0, 0.1) is 5.82 Å². The fourth-order valence-corrected chi connectivity index (χ4v) is 5.04. The fraction of sp³-hybridized carbons (Fsp3) is 0.458. The Morgan fingerprint density at radius 3 is 2.58 bits per heavy atom. The second-order valence-corrected chi connectivity index (χ2v) is 9.45. The Hall–Kier alpha value is -2.41. The Kier molecular flexibility index (Phi) is 6.90. The van der Waals surface area contributed by atoms with E-state index >= 15 is 0 Å². The molecule has 2 fully saturated rings. The van der Waals surface area contributed by atoms with Crippen molar-refractivity contribution in [3.05, 3.63) is 53.8 Å². The summed E-state index contributed by atoms with van der Waals surface area (Å²) < 4.78 is 20.0. The molecule has 166 valence electrons. The molecule has 0 aliphatic carbocycles. The van der Waals surface area contributed by atoms with Crippen molar-refractivity contribution in [1.29, 1.82) is 0 Å². The minimum absolute atomic E-state index is 0.0393. The van der Waals surface area contributed by atoms with Gasteiger partial charge in [-0.05, 0) is 43.5 Å². The summed E-state index contributed by atoms with van der Waals surface area (Å²) in [6.07, 6.45) is 2.13. The van der Waals surface area contributed by atoms with Crippen molar-refractivity contribution >= 4 is 29.2 Å². The Bertz CT molecular complexity index is 902. The molecule has 2 aromatic rings. The molecular weight excluding hydrogens is 413 g/mol. The van der Waals surface area contributed by atoms with Crippen molar-refractivity contribution in [2.45, 2.75) is 32.4 Å². The summed E-state index contributed by atoms with van der Waals surface area (Å²) in [6.45, 7) is 5.12. The van der Waals surface area contributed by atoms with E-state index in [-0.39, 0.29) is 11.8 Å². The number of anilines is 2. The molecule has 2 saturated heterocycles. The minimum Gasteiger partial charge on any atom is -0.489 e. The molecule has 0 aromatic heterocycles. The molecule has 2 aliphatic heterocycles. The van der Waals surface area contributed by atoms with Crippen LogP contribution in [0.4, 0.5) is 20.6 Å². The van der Waals surface area contributed by atoms with Gasteiger partial charge in [-0.25, -0.2) is 9.18 Å². The van der Waals surface area contributed by atoms with Gasteiger partial charge in [-0.2, -0.15) is 11.8 Å². The molecule has 7 heteroatoms. The monoisotopic (exact) mass is 443 g/mol. The number of nitrogens with zero attached hydrogens (tertiary/aromatic N) is 3. The largest absolute Gasteiger partial charge is 0.489 e. The Labute approximate surface area is 188 Å². The highest BCUT2D eigenvalue weighted by atomic mass is 32.2. The lowest BCUT2D eigenvalue weighted by molar-refractivity contribution is 0.204. The van der Waals surface area contributed by atoms with Crippen LogP contribution in [-0.2, 0) is 6.61 Å². The number of ether oxygens (including phenoxy) is 1. The molecule has 0 spiro atoms. The van der Waals surface area contributed by atoms with Gasteiger partial charge in [0.2, 0.25) is 0 Å². The Morgan fingerprint density at radius 2 is 1.90 bits per heavy atom. The van der Waals surface area contributed by atoms with Gasteiger partial charge in [0.25, 0.3) is 0 Å². The van der Waals surface area contributed by atoms with E-state index in [2.05, 4.69) is 11.8 Å². The molecule has 1 unspecified atom stereocenters. The molecule has 4 rings (SSSR count). The number of halogens is 1. The van der Waals surface area contributed by atoms with Crippen LogP contribution >= 0.6 is 11.8 Å². The number of urea groups is 1. The zero-order valence-corrected chi connectivity index (χ0v) is 19.0. The summed E-state index contributed by atoms with van der Waals surface area (Å²) in [7, 11) is 1.81. The lowest BCUT2D eigenvalue weighted by atomic mass is 10.2. The van der Waals surface area contributed by atoms with Crippen molar-refractivity contribution in [3.8, 4) is 5.75 Å². The molecule has 0 radical (unpaired) electrons. The van der Waals surface area contributed by atoms with E-state index < -0.39 is 0 Å². The van der Waals surface area contributed by atoms with Gasteiger partial charge in [-0.3, -0.25) is 4.90 Å². The normalized spacial score (nSPS) is 18.9. The van der Waals surface area contributed by atoms with Crippen molar-refractivity contribution in [3.63, 3.8) is 0 Å². The van der Waals surface area contributed by atoms with Crippen LogP contribution in [0.5, 0.6) is 5.75 Å². The molecule has 2 aromatic carbocycles. The molecule has 1 atom stereocenters. The van der Waals surface area contributed by atoms with Gasteiger partial charge in [0.15, 0.2) is 0 Å². The first kappa shape index (κ1) is 21.8. The van der Waals surface area contributed by atoms with Crippen molar-refractivity contribution in [2.24, 2.45) is 0 Å². The quantitative estimate of drug-likeness (QED) is 0.652. The van der Waals surface area contributed by atoms with Gasteiger partial charge in [0.05, 0.1) is 0 Å². The van der Waals surface area contributed by atoms with E-state index in [9.17, 15) is 9.18 Å². The predicted molar refractivity (Wildman–Crippen MR) is 126 cm³/mol. The number of hydrogen-bond donors (Lipinski definition) is 0. The summed E-state index contributed by atoms with van der Waals surface area (Å²) in [5.41, 5.74) is 2.70. The van der Waals surface area contributed by atoms with Gasteiger partial charge < -0.3 is 14.5 Å². The van der Waals surface area contributed by atoms with Crippen LogP contribution in [0.25, 0.3) is 0 Å². The van der Waals surface area contributed by atoms with Crippen LogP contribution in [-0.4, -0.2) is 55.2 Å². The average Bonchev–Trinajstić information content (AvgIpc) is 3.23. The highest BCUT2D eigenvalue weighted by molar-refractivity contribution is 7.99. The summed E-state index contributed by atoms with van der Waals surface area (Å²) in [5.74, 6) is 2.38. The van der Waals surface area contributed by atoms with Crippen LogP contribution in [0.2, 0.25) is 0 Å². The Balaban J connectivity index is 1.37. The summed E-state index contributed by atoms with van der Waals surface area (Å²) in [6, 6.07) is 13.0. The third-order valence-electron chi connectivity index (χ3n) is 6.05. The number of likely N-dealkylation sites (tertiary alicyclic amines) is 1. The first-order chi connectivity index (χ1) is 15.0. The lowest BCUT2D eigenvalue weighted by Gasteiger charge is -2.28. The molecular formula is C24H30FN3O2S. The smallest absolute Gasteiger partial charge is 0.324 e. The van der Waals surface area contributed by atoms with Crippen LogP contribution in [0.3, 0.4) is 0 Å². The minimum atomic E-state index is -0.280. The van der Waals surface area contributed by atoms with Gasteiger partial charge in [0, 0.05) is 67.7 Å². The van der Waals surface area contributed by atoms with E-state index in [1.807, 2.05) is 54.0 Å². The topological polar surface area (TPSA) is 36.0 Å². The van der Waals surface area contributed by atoms with E-state index in [4.69, 9.17) is 4.74 Å². The zero-order chi connectivity index (χ0) is 21.8. The predicted octanol–water partition coefficient (Wildman–Crippen LogP) is 5.00. The third-order valence-corrected chi connectivity index (χ3v) is 6.99. The highest BCUT2D eigenvalue weighted by Gasteiger charge is 2.27. The van der Waals surface area contributed by atoms with Crippen molar-refractivity contribution in [2.75, 3.05) is 48.0 Å². The summed E-state index contributed by atoms with van der Waals surface area (Å²) in [4.78, 5) is 18.6. The van der Waals surface area contributed by atoms with E-state index in [0.717, 1.165) is 60.9 Å². The molecule has 0 saturated carbocycles. The van der Waals surface area contributed by atoms with E-state index in [0.29, 0.717) is 18.4 Å². The molecule has 0 bridgehead atoms. The summed E-state index contributed by atoms with van der Waals surface area (Å²) in [5, 5.41) is 0. The zero-order valence-electron chi connectivity index (χ0n) is 18.2. The lowest BCUT2D eigenvalue weighted by Crippen LogP contribution is -2.42. The number of hydrogen-bond acceptors (Lipinski definition) is 4. The fourth-order valence-electron chi connectivity index (χ4n) is 4.14. The van der Waals surface area contributed by atoms with Gasteiger partial charge in [0.1, 0.15) is 18.2 Å². The van der Waals surface area contributed by atoms with Crippen LogP contribution in [0.15, 0.2) is 42.5 Å². The first-order valence-electron chi connectivity index (χ1n) is 10.9. The Morgan fingerprint density at radius 1 is 1.16 bits per heavy atom. The molecule has 2 heterocycles. The molecule has 2 aliphatic rings. The third kappa shape index (κ3) is 5.26. The van der Waals surface area contributed by atoms with Gasteiger partial charge in [-0.1, -0.05) is 12.1 Å². The molecule has 31 heavy (non-hydrogen) atoms. The number of rotatable bonds is 5. The maximum atomic E-state index is 14.1. The van der Waals surface area contributed by atoms with Crippen molar-refractivity contribution in [1.82, 2.24) is 4.90 Å². The SMILES string of the molecule is CC1CCCN1C(=O)N(C)c1ccc(COc2cc(F)cc(N3CCSCC3)c2)cc1. The van der Waals surface area contributed by atoms with E-state index in [1.165, 1.54) is 6.07 Å².